The molecule has 0 spiro atoms. The minimum atomic E-state index is -0.655. The Bertz CT molecular complexity index is 4520. The highest BCUT2D eigenvalue weighted by molar-refractivity contribution is 5.99. The van der Waals surface area contributed by atoms with Gasteiger partial charge in [-0.3, -0.25) is 0 Å². The van der Waals surface area contributed by atoms with Gasteiger partial charge in [0.15, 0.2) is 0 Å². The van der Waals surface area contributed by atoms with Gasteiger partial charge in [-0.25, -0.2) is 0 Å². The molecule has 3 aliphatic rings. The van der Waals surface area contributed by atoms with E-state index in [4.69, 9.17) is 0 Å². The van der Waals surface area contributed by atoms with Crippen LogP contribution in [0.25, 0.3) is 66.8 Å². The summed E-state index contributed by atoms with van der Waals surface area (Å²) in [6.45, 7) is 9.52. The molecule has 0 atom stereocenters. The van der Waals surface area contributed by atoms with Crippen molar-refractivity contribution < 1.29 is 0 Å². The molecule has 0 aromatic heterocycles. The van der Waals surface area contributed by atoms with Crippen molar-refractivity contribution in [3.05, 3.63) is 360 Å². The summed E-state index contributed by atoms with van der Waals surface area (Å²) in [6, 6.07) is 118. The zero-order valence-electron chi connectivity index (χ0n) is 49.4. The molecule has 13 aromatic carbocycles. The number of fused-ring (bicyclic) bond motifs is 9. The van der Waals surface area contributed by atoms with Crippen molar-refractivity contribution in [1.29, 1.82) is 0 Å². The van der Waals surface area contributed by atoms with E-state index in [0.717, 1.165) is 39.7 Å². The summed E-state index contributed by atoms with van der Waals surface area (Å²) in [5.41, 5.74) is 30.8. The monoisotopic (exact) mass is 1110 g/mol. The number of hydrogen-bond donors (Lipinski definition) is 0. The lowest BCUT2D eigenvalue weighted by molar-refractivity contribution is 0.660. The van der Waals surface area contributed by atoms with E-state index < -0.39 is 5.41 Å². The quantitative estimate of drug-likeness (QED) is 0.127. The molecule has 0 amide bonds. The van der Waals surface area contributed by atoms with Crippen molar-refractivity contribution in [3.63, 3.8) is 0 Å². The van der Waals surface area contributed by atoms with E-state index in [1.54, 1.807) is 0 Å². The van der Waals surface area contributed by atoms with Crippen LogP contribution in [-0.2, 0) is 16.2 Å². The summed E-state index contributed by atoms with van der Waals surface area (Å²) < 4.78 is 0. The van der Waals surface area contributed by atoms with Crippen molar-refractivity contribution in [1.82, 2.24) is 0 Å². The average Bonchev–Trinajstić information content (AvgIpc) is 1.62. The Labute approximate surface area is 511 Å². The molecule has 0 unspecified atom stereocenters. The molecule has 2 nitrogen and oxygen atoms in total. The van der Waals surface area contributed by atoms with Crippen LogP contribution in [0.5, 0.6) is 0 Å². The second-order valence-electron chi connectivity index (χ2n) is 24.8. The Hall–Kier alpha value is -10.5. The lowest BCUT2D eigenvalue weighted by atomic mass is 9.67. The summed E-state index contributed by atoms with van der Waals surface area (Å²) >= 11 is 0. The van der Waals surface area contributed by atoms with Gasteiger partial charge in [-0.1, -0.05) is 270 Å². The highest BCUT2D eigenvalue weighted by Gasteiger charge is 2.48. The minimum Gasteiger partial charge on any atom is -0.310 e. The van der Waals surface area contributed by atoms with Gasteiger partial charge in [0.05, 0.1) is 5.41 Å². The van der Waals surface area contributed by atoms with E-state index in [-0.39, 0.29) is 10.8 Å². The average molecular weight is 1110 g/mol. The Morgan fingerprint density at radius 3 is 0.977 bits per heavy atom. The second-order valence-corrected chi connectivity index (χ2v) is 24.8. The van der Waals surface area contributed by atoms with Gasteiger partial charge in [-0.2, -0.15) is 0 Å². The van der Waals surface area contributed by atoms with Gasteiger partial charge in [0.2, 0.25) is 0 Å². The van der Waals surface area contributed by atoms with Crippen molar-refractivity contribution in [2.24, 2.45) is 0 Å². The van der Waals surface area contributed by atoms with Crippen LogP contribution in [0.2, 0.25) is 0 Å². The molecule has 13 aromatic rings. The van der Waals surface area contributed by atoms with Gasteiger partial charge >= 0.3 is 0 Å². The first-order valence-corrected chi connectivity index (χ1v) is 30.6. The van der Waals surface area contributed by atoms with E-state index in [9.17, 15) is 0 Å². The molecular formula is C85H64N2. The fourth-order valence-electron chi connectivity index (χ4n) is 15.1. The molecule has 87 heavy (non-hydrogen) atoms. The first kappa shape index (κ1) is 52.0. The third kappa shape index (κ3) is 8.23. The van der Waals surface area contributed by atoms with Crippen LogP contribution in [-0.4, -0.2) is 0 Å². The highest BCUT2D eigenvalue weighted by atomic mass is 15.1. The third-order valence-electron chi connectivity index (χ3n) is 19.4. The van der Waals surface area contributed by atoms with Crippen LogP contribution in [0.3, 0.4) is 0 Å². The predicted octanol–water partition coefficient (Wildman–Crippen LogP) is 22.6. The Kier molecular flexibility index (Phi) is 12.2. The van der Waals surface area contributed by atoms with Gasteiger partial charge in [-0.05, 0) is 184 Å². The molecule has 0 N–H and O–H groups in total. The molecule has 0 radical (unpaired) electrons. The zero-order valence-corrected chi connectivity index (χ0v) is 49.4. The van der Waals surface area contributed by atoms with Crippen LogP contribution in [0.15, 0.2) is 315 Å². The Morgan fingerprint density at radius 1 is 0.207 bits per heavy atom. The molecule has 2 heteroatoms. The number of anilines is 6. The second kappa shape index (κ2) is 20.3. The highest BCUT2D eigenvalue weighted by Crippen LogP contribution is 2.61. The number of nitrogens with zero attached hydrogens (tertiary/aromatic N) is 2. The number of benzene rings is 13. The van der Waals surface area contributed by atoms with E-state index in [1.807, 2.05) is 0 Å². The van der Waals surface area contributed by atoms with Gasteiger partial charge in [0.1, 0.15) is 0 Å². The molecule has 414 valence electrons. The van der Waals surface area contributed by atoms with Crippen molar-refractivity contribution in [3.8, 4) is 66.8 Å². The molecule has 0 aliphatic heterocycles. The molecule has 0 bridgehead atoms. The fraction of sp³-hybridized carbons (Fsp3) is 0.0824. The van der Waals surface area contributed by atoms with Gasteiger partial charge < -0.3 is 9.80 Å². The van der Waals surface area contributed by atoms with Crippen LogP contribution < -0.4 is 9.80 Å². The topological polar surface area (TPSA) is 6.48 Å². The molecule has 3 aliphatic carbocycles. The number of rotatable bonds is 11. The SMILES string of the molecule is CC1(C)c2ccccc2-c2ccc(N(c3ccc(-c4cc(N(c5ccc(-c6ccccc6)cc5)c5ccc(-c6ccccc6)cc5)cc5c4-c4ccccc4C5(c4ccccc4)c4ccccc4)cc3)c3ccc4c(c3)C(C)(C)c3ccccc3-4)cc21. The zero-order chi connectivity index (χ0) is 58.4. The molecule has 0 saturated carbocycles. The van der Waals surface area contributed by atoms with Crippen LogP contribution >= 0.6 is 0 Å². The predicted molar refractivity (Wildman–Crippen MR) is 365 cm³/mol. The Morgan fingerprint density at radius 2 is 0.529 bits per heavy atom. The summed E-state index contributed by atoms with van der Waals surface area (Å²) in [4.78, 5) is 4.96. The first-order valence-electron chi connectivity index (χ1n) is 30.6. The largest absolute Gasteiger partial charge is 0.310 e. The maximum atomic E-state index is 2.51. The molecule has 0 fully saturated rings. The third-order valence-corrected chi connectivity index (χ3v) is 19.4. The normalized spacial score (nSPS) is 14.0. The van der Waals surface area contributed by atoms with E-state index >= 15 is 0 Å². The lowest BCUT2D eigenvalue weighted by Gasteiger charge is -2.35. The summed E-state index contributed by atoms with van der Waals surface area (Å²) in [5.74, 6) is 0. The fourth-order valence-corrected chi connectivity index (χ4v) is 15.1. The van der Waals surface area contributed by atoms with Crippen molar-refractivity contribution in [2.45, 2.75) is 43.9 Å². The molecule has 0 heterocycles. The smallest absolute Gasteiger partial charge is 0.0714 e. The summed E-state index contributed by atoms with van der Waals surface area (Å²) in [7, 11) is 0. The van der Waals surface area contributed by atoms with E-state index in [1.165, 1.54) is 106 Å². The van der Waals surface area contributed by atoms with E-state index in [2.05, 4.69) is 353 Å². The standard InChI is InChI=1S/C85H64N2/c1-83(2)76-34-20-17-31-70(76)72-51-49-67(54-79(72)83)87(68-50-52-73-71-32-18-21-35-77(71)84(3,4)80(73)55-68)66-47-41-61(42-48-66)75-53-69(56-81-82(75)74-33-19-22-36-78(74)85(81,62-27-13-7-14-28-62)63-29-15-8-16-30-63)86(64-43-37-59(38-44-64)57-23-9-5-10-24-57)65-45-39-60(40-46-65)58-25-11-6-12-26-58/h5-56H,1-4H3. The van der Waals surface area contributed by atoms with E-state index in [0.29, 0.717) is 0 Å². The van der Waals surface area contributed by atoms with Crippen molar-refractivity contribution in [2.75, 3.05) is 9.80 Å². The molecular weight excluding hydrogens is 1050 g/mol. The Balaban J connectivity index is 0.923. The van der Waals surface area contributed by atoms with Gasteiger partial charge in [-0.15, -0.1) is 0 Å². The summed E-state index contributed by atoms with van der Waals surface area (Å²) in [6.07, 6.45) is 0. The van der Waals surface area contributed by atoms with Crippen LogP contribution in [0, 0.1) is 0 Å². The minimum absolute atomic E-state index is 0.169. The molecule has 0 saturated heterocycles. The first-order chi connectivity index (χ1) is 42.7. The van der Waals surface area contributed by atoms with Crippen LogP contribution in [0.1, 0.15) is 72.2 Å². The maximum Gasteiger partial charge on any atom is 0.0714 e. The maximum absolute atomic E-state index is 2.51. The summed E-state index contributed by atoms with van der Waals surface area (Å²) in [5, 5.41) is 0. The number of hydrogen-bond acceptors (Lipinski definition) is 2. The van der Waals surface area contributed by atoms with Gasteiger partial charge in [0.25, 0.3) is 0 Å². The van der Waals surface area contributed by atoms with Crippen molar-refractivity contribution >= 4 is 34.1 Å². The van der Waals surface area contributed by atoms with Crippen LogP contribution in [0.4, 0.5) is 34.1 Å². The lowest BCUT2D eigenvalue weighted by Crippen LogP contribution is -2.28. The van der Waals surface area contributed by atoms with Gasteiger partial charge in [0, 0.05) is 45.0 Å². The molecule has 16 rings (SSSR count).